The highest BCUT2D eigenvalue weighted by Gasteiger charge is 2.20. The third-order valence-electron chi connectivity index (χ3n) is 3.44. The molecule has 0 aliphatic carbocycles. The topological polar surface area (TPSA) is 84.2 Å². The quantitative estimate of drug-likeness (QED) is 0.738. The predicted molar refractivity (Wildman–Crippen MR) is 73.8 cm³/mol. The fourth-order valence-corrected chi connectivity index (χ4v) is 2.44. The first kappa shape index (κ1) is 14.6. The number of aromatic hydroxyl groups is 2. The van der Waals surface area contributed by atoms with Gasteiger partial charge >= 0.3 is 0 Å². The van der Waals surface area contributed by atoms with Crippen LogP contribution in [-0.4, -0.2) is 70.4 Å². The van der Waals surface area contributed by atoms with Gasteiger partial charge in [0.25, 0.3) is 5.91 Å². The fourth-order valence-electron chi connectivity index (χ4n) is 2.44. The normalized spacial score (nSPS) is 16.9. The summed E-state index contributed by atoms with van der Waals surface area (Å²) in [4.78, 5) is 16.2. The summed E-state index contributed by atoms with van der Waals surface area (Å²) in [5.74, 6) is -0.433. The summed E-state index contributed by atoms with van der Waals surface area (Å²) in [6.07, 6.45) is 0.844. The van der Waals surface area contributed by atoms with Crippen molar-refractivity contribution < 1.29 is 20.1 Å². The predicted octanol–water partition coefficient (Wildman–Crippen LogP) is 0.238. The van der Waals surface area contributed by atoms with Crippen LogP contribution in [0.2, 0.25) is 0 Å². The van der Waals surface area contributed by atoms with E-state index in [4.69, 9.17) is 5.11 Å². The van der Waals surface area contributed by atoms with Crippen molar-refractivity contribution in [2.24, 2.45) is 0 Å². The van der Waals surface area contributed by atoms with Crippen LogP contribution in [0, 0.1) is 0 Å². The van der Waals surface area contributed by atoms with Gasteiger partial charge < -0.3 is 20.2 Å². The lowest BCUT2D eigenvalue weighted by Gasteiger charge is -2.21. The first-order valence-electron chi connectivity index (χ1n) is 6.75. The number of hydrogen-bond donors (Lipinski definition) is 3. The summed E-state index contributed by atoms with van der Waals surface area (Å²) in [5, 5.41) is 27.8. The van der Waals surface area contributed by atoms with Gasteiger partial charge in [0.05, 0.1) is 6.61 Å². The fraction of sp³-hybridized carbons (Fsp3) is 0.500. The van der Waals surface area contributed by atoms with E-state index in [-0.39, 0.29) is 29.6 Å². The lowest BCUT2D eigenvalue weighted by molar-refractivity contribution is 0.0759. The lowest BCUT2D eigenvalue weighted by Crippen LogP contribution is -2.35. The molecule has 0 radical (unpaired) electrons. The summed E-state index contributed by atoms with van der Waals surface area (Å²) in [7, 11) is 0. The van der Waals surface area contributed by atoms with Gasteiger partial charge in [-0.25, -0.2) is 0 Å². The minimum absolute atomic E-state index is 0.119. The van der Waals surface area contributed by atoms with E-state index in [1.165, 1.54) is 18.2 Å². The molecule has 0 aromatic heterocycles. The first-order valence-corrected chi connectivity index (χ1v) is 6.75. The summed E-state index contributed by atoms with van der Waals surface area (Å²) in [6, 6.07) is 3.92. The number of β-amino-alcohol motifs (C(OH)–C–C–N with tert-alkyl or cyclic N) is 1. The second-order valence-corrected chi connectivity index (χ2v) is 4.95. The number of benzene rings is 1. The van der Waals surface area contributed by atoms with Crippen molar-refractivity contribution in [3.8, 4) is 11.5 Å². The summed E-state index contributed by atoms with van der Waals surface area (Å²) < 4.78 is 0. The van der Waals surface area contributed by atoms with E-state index in [0.717, 1.165) is 19.5 Å². The lowest BCUT2D eigenvalue weighted by atomic mass is 10.1. The van der Waals surface area contributed by atoms with E-state index in [9.17, 15) is 15.0 Å². The molecule has 0 atom stereocenters. The van der Waals surface area contributed by atoms with E-state index in [2.05, 4.69) is 4.90 Å². The van der Waals surface area contributed by atoms with Crippen molar-refractivity contribution in [3.05, 3.63) is 23.8 Å². The number of nitrogens with zero attached hydrogens (tertiary/aromatic N) is 2. The smallest absolute Gasteiger partial charge is 0.254 e. The number of carbonyl (C=O) groups excluding carboxylic acids is 1. The molecule has 1 aliphatic rings. The van der Waals surface area contributed by atoms with Gasteiger partial charge in [-0.1, -0.05) is 0 Å². The van der Waals surface area contributed by atoms with E-state index in [1.54, 1.807) is 4.90 Å². The zero-order valence-corrected chi connectivity index (χ0v) is 11.3. The van der Waals surface area contributed by atoms with Crippen molar-refractivity contribution in [1.29, 1.82) is 0 Å². The Hall–Kier alpha value is -1.79. The molecular formula is C14H20N2O4. The monoisotopic (exact) mass is 280 g/mol. The van der Waals surface area contributed by atoms with E-state index < -0.39 is 0 Å². The maximum atomic E-state index is 12.4. The van der Waals surface area contributed by atoms with Crippen LogP contribution in [0.5, 0.6) is 11.5 Å². The maximum absolute atomic E-state index is 12.4. The highest BCUT2D eigenvalue weighted by atomic mass is 16.3. The molecule has 1 heterocycles. The summed E-state index contributed by atoms with van der Waals surface area (Å²) >= 11 is 0. The van der Waals surface area contributed by atoms with Crippen LogP contribution in [-0.2, 0) is 0 Å². The molecule has 1 aromatic rings. The molecule has 1 fully saturated rings. The molecule has 2 rings (SSSR count). The van der Waals surface area contributed by atoms with E-state index >= 15 is 0 Å². The molecule has 6 heteroatoms. The summed E-state index contributed by atoms with van der Waals surface area (Å²) in [6.45, 7) is 3.53. The third kappa shape index (κ3) is 3.61. The highest BCUT2D eigenvalue weighted by Crippen LogP contribution is 2.21. The van der Waals surface area contributed by atoms with Gasteiger partial charge in [-0.15, -0.1) is 0 Å². The number of amides is 1. The number of carbonyl (C=O) groups is 1. The zero-order valence-electron chi connectivity index (χ0n) is 11.3. The standard InChI is InChI=1S/C14H20N2O4/c17-7-6-15-2-1-3-16(5-4-15)14(20)11-8-12(18)10-13(19)9-11/h8-10,17-19H,1-7H2. The van der Waals surface area contributed by atoms with Crippen molar-refractivity contribution in [1.82, 2.24) is 9.80 Å². The molecule has 0 saturated carbocycles. The third-order valence-corrected chi connectivity index (χ3v) is 3.44. The molecule has 0 spiro atoms. The maximum Gasteiger partial charge on any atom is 0.254 e. The number of aliphatic hydroxyl groups is 1. The number of hydrogen-bond acceptors (Lipinski definition) is 5. The van der Waals surface area contributed by atoms with Gasteiger partial charge in [-0.05, 0) is 25.1 Å². The van der Waals surface area contributed by atoms with E-state index in [0.29, 0.717) is 19.6 Å². The second-order valence-electron chi connectivity index (χ2n) is 4.95. The molecule has 3 N–H and O–H groups in total. The Kier molecular flexibility index (Phi) is 4.81. The number of rotatable bonds is 3. The Morgan fingerprint density at radius 2 is 1.75 bits per heavy atom. The highest BCUT2D eigenvalue weighted by molar-refractivity contribution is 5.95. The van der Waals surface area contributed by atoms with Gasteiger partial charge in [0.2, 0.25) is 0 Å². The molecule has 1 amide bonds. The Morgan fingerprint density at radius 1 is 1.05 bits per heavy atom. The average Bonchev–Trinajstić information content (AvgIpc) is 2.63. The molecule has 1 saturated heterocycles. The van der Waals surface area contributed by atoms with Gasteiger partial charge in [-0.3, -0.25) is 9.69 Å². The molecule has 0 bridgehead atoms. The Labute approximate surface area is 117 Å². The number of phenols is 2. The SMILES string of the molecule is O=C(c1cc(O)cc(O)c1)N1CCCN(CCO)CC1. The van der Waals surface area contributed by atoms with Crippen LogP contribution in [0.1, 0.15) is 16.8 Å². The van der Waals surface area contributed by atoms with Crippen LogP contribution >= 0.6 is 0 Å². The van der Waals surface area contributed by atoms with Gasteiger partial charge in [0.1, 0.15) is 11.5 Å². The van der Waals surface area contributed by atoms with Crippen molar-refractivity contribution in [3.63, 3.8) is 0 Å². The molecule has 6 nitrogen and oxygen atoms in total. The van der Waals surface area contributed by atoms with Crippen LogP contribution in [0.4, 0.5) is 0 Å². The Morgan fingerprint density at radius 3 is 2.40 bits per heavy atom. The van der Waals surface area contributed by atoms with Gasteiger partial charge in [0.15, 0.2) is 0 Å². The van der Waals surface area contributed by atoms with Crippen molar-refractivity contribution in [2.45, 2.75) is 6.42 Å². The van der Waals surface area contributed by atoms with Gasteiger partial charge in [-0.2, -0.15) is 0 Å². The molecule has 20 heavy (non-hydrogen) atoms. The second kappa shape index (κ2) is 6.58. The first-order chi connectivity index (χ1) is 9.60. The number of phenolic OH excluding ortho intramolecular Hbond substituents is 2. The Bertz CT molecular complexity index is 458. The largest absolute Gasteiger partial charge is 0.508 e. The van der Waals surface area contributed by atoms with Gasteiger partial charge in [0, 0.05) is 37.8 Å². The van der Waals surface area contributed by atoms with Crippen molar-refractivity contribution in [2.75, 3.05) is 39.3 Å². The van der Waals surface area contributed by atoms with Crippen LogP contribution in [0.3, 0.4) is 0 Å². The molecule has 1 aliphatic heterocycles. The van der Waals surface area contributed by atoms with E-state index in [1.807, 2.05) is 0 Å². The minimum Gasteiger partial charge on any atom is -0.508 e. The van der Waals surface area contributed by atoms with Crippen LogP contribution in [0.15, 0.2) is 18.2 Å². The Balaban J connectivity index is 2.05. The van der Waals surface area contributed by atoms with Crippen LogP contribution < -0.4 is 0 Å². The number of aliphatic hydroxyl groups excluding tert-OH is 1. The molecule has 0 unspecified atom stereocenters. The van der Waals surface area contributed by atoms with Crippen LogP contribution in [0.25, 0.3) is 0 Å². The minimum atomic E-state index is -0.193. The zero-order chi connectivity index (χ0) is 14.5. The molecular weight excluding hydrogens is 260 g/mol. The average molecular weight is 280 g/mol. The summed E-state index contributed by atoms with van der Waals surface area (Å²) in [5.41, 5.74) is 0.290. The molecule has 1 aromatic carbocycles. The van der Waals surface area contributed by atoms with Crippen molar-refractivity contribution >= 4 is 5.91 Å². The molecule has 110 valence electrons.